The van der Waals surface area contributed by atoms with Crippen LogP contribution in [-0.4, -0.2) is 12.6 Å². The third-order valence-corrected chi connectivity index (χ3v) is 3.31. The molecule has 0 heterocycles. The van der Waals surface area contributed by atoms with E-state index in [1.165, 1.54) is 0 Å². The quantitative estimate of drug-likeness (QED) is 0.789. The Morgan fingerprint density at radius 3 is 2.05 bits per heavy atom. The van der Waals surface area contributed by atoms with Crippen LogP contribution in [0.1, 0.15) is 12.5 Å². The number of esters is 1. The first-order valence-corrected chi connectivity index (χ1v) is 6.99. The molecule has 2 rings (SSSR count). The lowest BCUT2D eigenvalue weighted by Crippen LogP contribution is -2.07. The second-order valence-electron chi connectivity index (χ2n) is 4.19. The van der Waals surface area contributed by atoms with Crippen molar-refractivity contribution < 1.29 is 9.53 Å². The van der Waals surface area contributed by atoms with Gasteiger partial charge >= 0.3 is 5.97 Å². The van der Waals surface area contributed by atoms with Crippen LogP contribution in [0.25, 0.3) is 11.1 Å². The van der Waals surface area contributed by atoms with Crippen molar-refractivity contribution in [3.63, 3.8) is 0 Å². The molecular weight excluding hydrogens is 304 g/mol. The Balaban J connectivity index is 2.10. The first-order valence-electron chi connectivity index (χ1n) is 6.19. The Morgan fingerprint density at radius 1 is 1.00 bits per heavy atom. The molecule has 2 aromatic rings. The fourth-order valence-corrected chi connectivity index (χ4v) is 2.10. The molecule has 0 fully saturated rings. The summed E-state index contributed by atoms with van der Waals surface area (Å²) in [6.07, 6.45) is 0.328. The van der Waals surface area contributed by atoms with Crippen LogP contribution in [0.2, 0.25) is 0 Å². The molecule has 98 valence electrons. The fourth-order valence-electron chi connectivity index (χ4n) is 1.84. The van der Waals surface area contributed by atoms with Crippen molar-refractivity contribution in [3.05, 3.63) is 58.6 Å². The number of hydrogen-bond acceptors (Lipinski definition) is 2. The van der Waals surface area contributed by atoms with Gasteiger partial charge in [0.1, 0.15) is 0 Å². The number of hydrogen-bond donors (Lipinski definition) is 0. The van der Waals surface area contributed by atoms with Gasteiger partial charge in [0.15, 0.2) is 0 Å². The average Bonchev–Trinajstić information content (AvgIpc) is 2.41. The topological polar surface area (TPSA) is 26.3 Å². The molecule has 0 saturated carbocycles. The molecule has 0 aliphatic heterocycles. The Labute approximate surface area is 121 Å². The van der Waals surface area contributed by atoms with Crippen LogP contribution >= 0.6 is 15.9 Å². The second-order valence-corrected chi connectivity index (χ2v) is 5.10. The van der Waals surface area contributed by atoms with Crippen LogP contribution in [0.15, 0.2) is 53.0 Å². The maximum absolute atomic E-state index is 11.4. The number of carbonyl (C=O) groups excluding carboxylic acids is 1. The number of ether oxygens (including phenoxy) is 1. The van der Waals surface area contributed by atoms with E-state index in [1.54, 1.807) is 0 Å². The van der Waals surface area contributed by atoms with Crippen LogP contribution in [0.4, 0.5) is 0 Å². The molecule has 0 aliphatic carbocycles. The van der Waals surface area contributed by atoms with Crippen molar-refractivity contribution in [2.24, 2.45) is 0 Å². The summed E-state index contributed by atoms with van der Waals surface area (Å²) < 4.78 is 5.99. The molecule has 3 heteroatoms. The highest BCUT2D eigenvalue weighted by Crippen LogP contribution is 2.22. The zero-order valence-corrected chi connectivity index (χ0v) is 12.3. The molecule has 0 atom stereocenters. The monoisotopic (exact) mass is 318 g/mol. The van der Waals surface area contributed by atoms with E-state index in [9.17, 15) is 4.79 Å². The molecule has 19 heavy (non-hydrogen) atoms. The fraction of sp³-hybridized carbons (Fsp3) is 0.188. The van der Waals surface area contributed by atoms with Gasteiger partial charge in [-0.1, -0.05) is 52.3 Å². The van der Waals surface area contributed by atoms with Gasteiger partial charge in [0.05, 0.1) is 13.0 Å². The van der Waals surface area contributed by atoms with Crippen LogP contribution in [0.3, 0.4) is 0 Å². The molecule has 2 aromatic carbocycles. The number of halogens is 1. The molecule has 0 radical (unpaired) electrons. The molecule has 2 nitrogen and oxygen atoms in total. The van der Waals surface area contributed by atoms with E-state index in [-0.39, 0.29) is 5.97 Å². The van der Waals surface area contributed by atoms with Crippen LogP contribution in [0.5, 0.6) is 0 Å². The van der Waals surface area contributed by atoms with Crippen LogP contribution < -0.4 is 0 Å². The maximum Gasteiger partial charge on any atom is 0.310 e. The second kappa shape index (κ2) is 6.53. The summed E-state index contributed by atoms with van der Waals surface area (Å²) in [6.45, 7) is 2.24. The number of benzene rings is 2. The van der Waals surface area contributed by atoms with Crippen molar-refractivity contribution in [3.8, 4) is 11.1 Å². The Bertz CT molecular complexity index is 544. The number of rotatable bonds is 4. The molecule has 0 saturated heterocycles. The molecule has 0 bridgehead atoms. The molecular formula is C16H15BrO2. The van der Waals surface area contributed by atoms with Gasteiger partial charge in [0.25, 0.3) is 0 Å². The average molecular weight is 319 g/mol. The molecule has 0 spiro atoms. The standard InChI is InChI=1S/C16H15BrO2/c1-2-19-16(18)11-12-3-5-13(6-4-12)14-7-9-15(17)10-8-14/h3-10H,2,11H2,1H3. The third-order valence-electron chi connectivity index (χ3n) is 2.79. The predicted molar refractivity (Wildman–Crippen MR) is 79.9 cm³/mol. The normalized spacial score (nSPS) is 10.2. The van der Waals surface area contributed by atoms with Crippen LogP contribution in [-0.2, 0) is 16.0 Å². The first-order chi connectivity index (χ1) is 9.19. The highest BCUT2D eigenvalue weighted by atomic mass is 79.9. The highest BCUT2D eigenvalue weighted by Gasteiger charge is 2.04. The van der Waals surface area contributed by atoms with E-state index >= 15 is 0 Å². The minimum atomic E-state index is -0.182. The Morgan fingerprint density at radius 2 is 1.53 bits per heavy atom. The van der Waals surface area contributed by atoms with E-state index in [2.05, 4.69) is 28.1 Å². The summed E-state index contributed by atoms with van der Waals surface area (Å²) in [5, 5.41) is 0. The summed E-state index contributed by atoms with van der Waals surface area (Å²) in [5.74, 6) is -0.182. The molecule has 0 N–H and O–H groups in total. The maximum atomic E-state index is 11.4. The van der Waals surface area contributed by atoms with Crippen molar-refractivity contribution in [2.45, 2.75) is 13.3 Å². The van der Waals surface area contributed by atoms with Gasteiger partial charge in [-0.15, -0.1) is 0 Å². The largest absolute Gasteiger partial charge is 0.466 e. The van der Waals surface area contributed by atoms with Gasteiger partial charge in [0, 0.05) is 4.47 Å². The SMILES string of the molecule is CCOC(=O)Cc1ccc(-c2ccc(Br)cc2)cc1. The first kappa shape index (κ1) is 13.8. The van der Waals surface area contributed by atoms with Gasteiger partial charge < -0.3 is 4.74 Å². The van der Waals surface area contributed by atoms with Gasteiger partial charge in [0.2, 0.25) is 0 Å². The minimum absolute atomic E-state index is 0.182. The summed E-state index contributed by atoms with van der Waals surface area (Å²) in [6, 6.07) is 16.1. The lowest BCUT2D eigenvalue weighted by atomic mass is 10.0. The summed E-state index contributed by atoms with van der Waals surface area (Å²) in [5.41, 5.74) is 3.27. The van der Waals surface area contributed by atoms with Crippen molar-refractivity contribution in [1.29, 1.82) is 0 Å². The van der Waals surface area contributed by atoms with E-state index in [4.69, 9.17) is 4.74 Å². The third kappa shape index (κ3) is 3.93. The molecule has 0 aliphatic rings. The minimum Gasteiger partial charge on any atom is -0.466 e. The van der Waals surface area contributed by atoms with Crippen molar-refractivity contribution in [1.82, 2.24) is 0 Å². The van der Waals surface area contributed by atoms with Gasteiger partial charge in [-0.2, -0.15) is 0 Å². The van der Waals surface area contributed by atoms with E-state index < -0.39 is 0 Å². The summed E-state index contributed by atoms with van der Waals surface area (Å²) >= 11 is 3.42. The van der Waals surface area contributed by atoms with E-state index in [1.807, 2.05) is 43.3 Å². The molecule has 0 aromatic heterocycles. The summed E-state index contributed by atoms with van der Waals surface area (Å²) in [4.78, 5) is 11.4. The predicted octanol–water partition coefficient (Wildman–Crippen LogP) is 4.22. The molecule has 0 unspecified atom stereocenters. The van der Waals surface area contributed by atoms with Crippen LogP contribution in [0, 0.1) is 0 Å². The smallest absolute Gasteiger partial charge is 0.310 e. The number of carbonyl (C=O) groups is 1. The van der Waals surface area contributed by atoms with Crippen molar-refractivity contribution in [2.75, 3.05) is 6.61 Å². The van der Waals surface area contributed by atoms with Gasteiger partial charge in [-0.05, 0) is 35.7 Å². The Kier molecular flexibility index (Phi) is 4.74. The Hall–Kier alpha value is -1.61. The van der Waals surface area contributed by atoms with Crippen molar-refractivity contribution >= 4 is 21.9 Å². The summed E-state index contributed by atoms with van der Waals surface area (Å²) in [7, 11) is 0. The highest BCUT2D eigenvalue weighted by molar-refractivity contribution is 9.10. The van der Waals surface area contributed by atoms with E-state index in [0.717, 1.165) is 21.2 Å². The zero-order valence-electron chi connectivity index (χ0n) is 10.7. The van der Waals surface area contributed by atoms with Gasteiger partial charge in [-0.3, -0.25) is 4.79 Å². The lowest BCUT2D eigenvalue weighted by Gasteiger charge is -2.05. The lowest BCUT2D eigenvalue weighted by molar-refractivity contribution is -0.142. The molecule has 0 amide bonds. The van der Waals surface area contributed by atoms with Gasteiger partial charge in [-0.25, -0.2) is 0 Å². The zero-order chi connectivity index (χ0) is 13.7. The van der Waals surface area contributed by atoms with E-state index in [0.29, 0.717) is 13.0 Å².